The Kier molecular flexibility index (Phi) is 4.53. The van der Waals surface area contributed by atoms with Crippen LogP contribution >= 0.6 is 0 Å². The lowest BCUT2D eigenvalue weighted by Gasteiger charge is -2.19. The molecule has 0 aliphatic heterocycles. The highest BCUT2D eigenvalue weighted by Crippen LogP contribution is 2.13. The minimum absolute atomic E-state index is 0.324. The Morgan fingerprint density at radius 3 is 2.83 bits per heavy atom. The maximum Gasteiger partial charge on any atom is 0.103 e. The van der Waals surface area contributed by atoms with E-state index < -0.39 is 0 Å². The van der Waals surface area contributed by atoms with Crippen molar-refractivity contribution >= 4 is 0 Å². The van der Waals surface area contributed by atoms with E-state index in [0.29, 0.717) is 12.1 Å². The average molecular weight is 244 g/mol. The van der Waals surface area contributed by atoms with Crippen LogP contribution in [0.4, 0.5) is 0 Å². The van der Waals surface area contributed by atoms with E-state index in [1.807, 2.05) is 24.4 Å². The Morgan fingerprint density at radius 1 is 1.28 bits per heavy atom. The van der Waals surface area contributed by atoms with Gasteiger partial charge in [-0.1, -0.05) is 6.07 Å². The molecule has 2 heterocycles. The first-order valence-electron chi connectivity index (χ1n) is 6.44. The first kappa shape index (κ1) is 12.8. The second kappa shape index (κ2) is 6.36. The Balaban J connectivity index is 1.78. The number of rotatable bonds is 6. The maximum absolute atomic E-state index is 5.34. The van der Waals surface area contributed by atoms with Crippen LogP contribution in [0.15, 0.2) is 47.3 Å². The summed E-state index contributed by atoms with van der Waals surface area (Å²) in [7, 11) is 0. The highest BCUT2D eigenvalue weighted by Gasteiger charge is 2.09. The Labute approximate surface area is 108 Å². The van der Waals surface area contributed by atoms with Gasteiger partial charge in [0.1, 0.15) is 5.76 Å². The molecule has 2 aromatic heterocycles. The summed E-state index contributed by atoms with van der Waals surface area (Å²) in [5.41, 5.74) is 1.22. The lowest BCUT2D eigenvalue weighted by molar-refractivity contribution is 0.430. The minimum Gasteiger partial charge on any atom is -0.469 e. The summed E-state index contributed by atoms with van der Waals surface area (Å²) in [5.74, 6) is 1.05. The second-order valence-corrected chi connectivity index (χ2v) is 4.69. The van der Waals surface area contributed by atoms with Gasteiger partial charge in [-0.25, -0.2) is 0 Å². The van der Waals surface area contributed by atoms with Gasteiger partial charge >= 0.3 is 0 Å². The maximum atomic E-state index is 5.34. The SMILES string of the molecule is CC(CCc1ccco1)NC(C)c1cccnc1. The van der Waals surface area contributed by atoms with Gasteiger partial charge in [0, 0.05) is 30.9 Å². The van der Waals surface area contributed by atoms with E-state index in [-0.39, 0.29) is 0 Å². The van der Waals surface area contributed by atoms with E-state index in [9.17, 15) is 0 Å². The summed E-state index contributed by atoms with van der Waals surface area (Å²) in [6, 6.07) is 8.81. The third kappa shape index (κ3) is 3.70. The van der Waals surface area contributed by atoms with Crippen LogP contribution < -0.4 is 5.32 Å². The molecule has 3 nitrogen and oxygen atoms in total. The van der Waals surface area contributed by atoms with Crippen LogP contribution in [-0.2, 0) is 6.42 Å². The van der Waals surface area contributed by atoms with E-state index >= 15 is 0 Å². The highest BCUT2D eigenvalue weighted by atomic mass is 16.3. The summed E-state index contributed by atoms with van der Waals surface area (Å²) in [4.78, 5) is 4.14. The number of nitrogens with one attached hydrogen (secondary N) is 1. The molecule has 3 heteroatoms. The topological polar surface area (TPSA) is 38.1 Å². The van der Waals surface area contributed by atoms with Crippen molar-refractivity contribution in [2.24, 2.45) is 0 Å². The molecule has 0 radical (unpaired) electrons. The molecule has 0 fully saturated rings. The lowest BCUT2D eigenvalue weighted by atomic mass is 10.1. The van der Waals surface area contributed by atoms with Gasteiger partial charge in [-0.05, 0) is 44.0 Å². The summed E-state index contributed by atoms with van der Waals surface area (Å²) in [6.45, 7) is 4.37. The molecular formula is C15H20N2O. The molecule has 2 atom stereocenters. The molecule has 0 amide bonds. The van der Waals surface area contributed by atoms with Crippen LogP contribution in [0, 0.1) is 0 Å². The Hall–Kier alpha value is -1.61. The number of hydrogen-bond donors (Lipinski definition) is 1. The predicted octanol–water partition coefficient (Wildman–Crippen LogP) is 3.35. The molecule has 0 aliphatic carbocycles. The normalized spacial score (nSPS) is 14.3. The van der Waals surface area contributed by atoms with Crippen LogP contribution in [0.3, 0.4) is 0 Å². The fourth-order valence-electron chi connectivity index (χ4n) is 2.05. The standard InChI is InChI=1S/C15H20N2O/c1-12(7-8-15-6-4-10-18-15)17-13(2)14-5-3-9-16-11-14/h3-6,9-13,17H,7-8H2,1-2H3. The van der Waals surface area contributed by atoms with Crippen molar-refractivity contribution in [2.75, 3.05) is 0 Å². The summed E-state index contributed by atoms with van der Waals surface area (Å²) in [6.07, 6.45) is 7.48. The molecule has 0 bridgehead atoms. The third-order valence-corrected chi connectivity index (χ3v) is 3.12. The van der Waals surface area contributed by atoms with E-state index in [2.05, 4.69) is 30.2 Å². The van der Waals surface area contributed by atoms with E-state index in [0.717, 1.165) is 18.6 Å². The fraction of sp³-hybridized carbons (Fsp3) is 0.400. The lowest BCUT2D eigenvalue weighted by Crippen LogP contribution is -2.29. The number of pyridine rings is 1. The summed E-state index contributed by atoms with van der Waals surface area (Å²) < 4.78 is 5.34. The number of hydrogen-bond acceptors (Lipinski definition) is 3. The molecule has 18 heavy (non-hydrogen) atoms. The van der Waals surface area contributed by atoms with Crippen molar-refractivity contribution in [1.82, 2.24) is 10.3 Å². The molecule has 0 aliphatic rings. The Morgan fingerprint density at radius 2 is 2.17 bits per heavy atom. The molecule has 0 saturated carbocycles. The third-order valence-electron chi connectivity index (χ3n) is 3.12. The van der Waals surface area contributed by atoms with Gasteiger partial charge in [0.25, 0.3) is 0 Å². The number of aromatic nitrogens is 1. The predicted molar refractivity (Wildman–Crippen MR) is 72.3 cm³/mol. The molecule has 96 valence electrons. The van der Waals surface area contributed by atoms with Crippen molar-refractivity contribution in [2.45, 2.75) is 38.8 Å². The number of aryl methyl sites for hydroxylation is 1. The molecule has 0 aromatic carbocycles. The van der Waals surface area contributed by atoms with Crippen LogP contribution in [0.5, 0.6) is 0 Å². The fourth-order valence-corrected chi connectivity index (χ4v) is 2.05. The first-order valence-corrected chi connectivity index (χ1v) is 6.44. The molecule has 2 unspecified atom stereocenters. The zero-order valence-electron chi connectivity index (χ0n) is 11.0. The zero-order chi connectivity index (χ0) is 12.8. The van der Waals surface area contributed by atoms with Crippen molar-refractivity contribution in [3.05, 3.63) is 54.2 Å². The first-order chi connectivity index (χ1) is 8.75. The van der Waals surface area contributed by atoms with Gasteiger partial charge in [-0.15, -0.1) is 0 Å². The van der Waals surface area contributed by atoms with Crippen molar-refractivity contribution in [1.29, 1.82) is 0 Å². The smallest absolute Gasteiger partial charge is 0.103 e. The molecule has 0 saturated heterocycles. The van der Waals surface area contributed by atoms with Gasteiger partial charge in [0.15, 0.2) is 0 Å². The van der Waals surface area contributed by atoms with Crippen LogP contribution in [0.25, 0.3) is 0 Å². The quantitative estimate of drug-likeness (QED) is 0.846. The Bertz CT molecular complexity index is 439. The monoisotopic (exact) mass is 244 g/mol. The average Bonchev–Trinajstić information content (AvgIpc) is 2.90. The molecule has 0 spiro atoms. The van der Waals surface area contributed by atoms with E-state index in [1.54, 1.807) is 12.5 Å². The van der Waals surface area contributed by atoms with E-state index in [4.69, 9.17) is 4.42 Å². The van der Waals surface area contributed by atoms with E-state index in [1.165, 1.54) is 5.56 Å². The zero-order valence-corrected chi connectivity index (χ0v) is 11.0. The van der Waals surface area contributed by atoms with Gasteiger partial charge in [0.05, 0.1) is 6.26 Å². The van der Waals surface area contributed by atoms with Crippen molar-refractivity contribution in [3.63, 3.8) is 0 Å². The van der Waals surface area contributed by atoms with Crippen LogP contribution in [0.2, 0.25) is 0 Å². The van der Waals surface area contributed by atoms with Crippen LogP contribution in [0.1, 0.15) is 37.6 Å². The molecule has 2 aromatic rings. The molecular weight excluding hydrogens is 224 g/mol. The summed E-state index contributed by atoms with van der Waals surface area (Å²) >= 11 is 0. The number of nitrogens with zero attached hydrogens (tertiary/aromatic N) is 1. The van der Waals surface area contributed by atoms with Gasteiger partial charge in [-0.3, -0.25) is 4.98 Å². The second-order valence-electron chi connectivity index (χ2n) is 4.69. The van der Waals surface area contributed by atoms with Crippen LogP contribution in [-0.4, -0.2) is 11.0 Å². The largest absolute Gasteiger partial charge is 0.469 e. The van der Waals surface area contributed by atoms with Gasteiger partial charge < -0.3 is 9.73 Å². The molecule has 1 N–H and O–H groups in total. The van der Waals surface area contributed by atoms with Crippen molar-refractivity contribution < 1.29 is 4.42 Å². The van der Waals surface area contributed by atoms with Gasteiger partial charge in [-0.2, -0.15) is 0 Å². The van der Waals surface area contributed by atoms with Gasteiger partial charge in [0.2, 0.25) is 0 Å². The highest BCUT2D eigenvalue weighted by molar-refractivity contribution is 5.12. The minimum atomic E-state index is 0.324. The molecule has 2 rings (SSSR count). The summed E-state index contributed by atoms with van der Waals surface area (Å²) in [5, 5.41) is 3.58. The number of furan rings is 1. The van der Waals surface area contributed by atoms with Crippen molar-refractivity contribution in [3.8, 4) is 0 Å².